The maximum Gasteiger partial charge on any atom is 0.333 e. The zero-order valence-electron chi connectivity index (χ0n) is 17.7. The van der Waals surface area contributed by atoms with Crippen LogP contribution >= 0.6 is 0 Å². The molecule has 0 bridgehead atoms. The van der Waals surface area contributed by atoms with Crippen molar-refractivity contribution in [2.24, 2.45) is 11.3 Å². The smallest absolute Gasteiger partial charge is 0.333 e. The molecule has 1 aromatic heterocycles. The van der Waals surface area contributed by atoms with Crippen molar-refractivity contribution in [1.82, 2.24) is 0 Å². The van der Waals surface area contributed by atoms with Gasteiger partial charge in [0.2, 0.25) is 5.78 Å². The van der Waals surface area contributed by atoms with Gasteiger partial charge in [-0.15, -0.1) is 0 Å². The molecule has 0 saturated heterocycles. The number of esters is 2. The van der Waals surface area contributed by atoms with Crippen LogP contribution < -0.4 is 0 Å². The number of aliphatic hydroxyl groups is 1. The second kappa shape index (κ2) is 7.13. The summed E-state index contributed by atoms with van der Waals surface area (Å²) in [5.41, 5.74) is -1.78. The fourth-order valence-corrected chi connectivity index (χ4v) is 4.74. The van der Waals surface area contributed by atoms with Crippen LogP contribution in [0, 0.1) is 18.3 Å². The van der Waals surface area contributed by atoms with Crippen LogP contribution in [0.5, 0.6) is 0 Å². The minimum Gasteiger partial charge on any atom is -0.460 e. The van der Waals surface area contributed by atoms with Crippen LogP contribution in [0.4, 0.5) is 0 Å². The summed E-state index contributed by atoms with van der Waals surface area (Å²) in [7, 11) is 0. The lowest BCUT2D eigenvalue weighted by Crippen LogP contribution is -2.70. The van der Waals surface area contributed by atoms with Gasteiger partial charge in [0.15, 0.2) is 11.4 Å². The largest absolute Gasteiger partial charge is 0.460 e. The Balaban J connectivity index is 2.20. The third kappa shape index (κ3) is 2.86. The van der Waals surface area contributed by atoms with Crippen LogP contribution in [0.1, 0.15) is 75.2 Å². The number of ether oxygens (including phenoxy) is 2. The predicted molar refractivity (Wildman–Crippen MR) is 103 cm³/mol. The van der Waals surface area contributed by atoms with Gasteiger partial charge in [0.25, 0.3) is 0 Å². The number of aryl methyl sites for hydroxylation is 1. The van der Waals surface area contributed by atoms with Crippen LogP contribution in [0.3, 0.4) is 0 Å². The van der Waals surface area contributed by atoms with Gasteiger partial charge < -0.3 is 19.0 Å². The monoisotopic (exact) mass is 404 g/mol. The van der Waals surface area contributed by atoms with E-state index in [0.717, 1.165) is 0 Å². The first-order valence-corrected chi connectivity index (χ1v) is 9.86. The molecule has 29 heavy (non-hydrogen) atoms. The molecule has 1 saturated carbocycles. The van der Waals surface area contributed by atoms with Crippen molar-refractivity contribution in [2.45, 2.75) is 72.2 Å². The van der Waals surface area contributed by atoms with E-state index >= 15 is 0 Å². The first-order valence-electron chi connectivity index (χ1n) is 9.86. The minimum absolute atomic E-state index is 0.0494. The van der Waals surface area contributed by atoms with E-state index < -0.39 is 40.9 Å². The minimum atomic E-state index is -2.09. The second-order valence-corrected chi connectivity index (χ2v) is 8.37. The van der Waals surface area contributed by atoms with E-state index in [2.05, 4.69) is 0 Å². The number of ketones is 1. The molecule has 1 aromatic rings. The SMILES string of the molecule is C/C=C(/C)C(=O)O[C@H]1CC[C@H](C)[C@@]2(C)[C@H](OC(C)=O)c3c(C)coc3C(=O)[C@@]12O. The van der Waals surface area contributed by atoms with E-state index in [9.17, 15) is 19.5 Å². The number of furan rings is 1. The number of carbonyl (C=O) groups excluding carboxylic acids is 3. The summed E-state index contributed by atoms with van der Waals surface area (Å²) < 4.78 is 16.8. The molecule has 7 heteroatoms. The van der Waals surface area contributed by atoms with Crippen LogP contribution in [-0.2, 0) is 19.1 Å². The first kappa shape index (κ1) is 21.3. The highest BCUT2D eigenvalue weighted by Crippen LogP contribution is 2.61. The second-order valence-electron chi connectivity index (χ2n) is 8.37. The maximum absolute atomic E-state index is 13.5. The van der Waals surface area contributed by atoms with E-state index in [0.29, 0.717) is 29.5 Å². The highest BCUT2D eigenvalue weighted by atomic mass is 16.6. The molecule has 0 unspecified atom stereocenters. The van der Waals surface area contributed by atoms with Gasteiger partial charge in [0, 0.05) is 18.1 Å². The summed E-state index contributed by atoms with van der Waals surface area (Å²) in [4.78, 5) is 37.9. The van der Waals surface area contributed by atoms with Gasteiger partial charge in [0.1, 0.15) is 12.2 Å². The Morgan fingerprint density at radius 2 is 1.93 bits per heavy atom. The van der Waals surface area contributed by atoms with Gasteiger partial charge >= 0.3 is 11.9 Å². The summed E-state index contributed by atoms with van der Waals surface area (Å²) in [5.74, 6) is -2.02. The molecule has 0 aromatic carbocycles. The molecule has 0 radical (unpaired) electrons. The number of fused-ring (bicyclic) bond motifs is 2. The van der Waals surface area contributed by atoms with E-state index in [-0.39, 0.29) is 11.7 Å². The summed E-state index contributed by atoms with van der Waals surface area (Å²) in [6.07, 6.45) is 1.92. The van der Waals surface area contributed by atoms with Crippen LogP contribution in [0.2, 0.25) is 0 Å². The molecular formula is C22H28O7. The number of hydrogen-bond donors (Lipinski definition) is 1. The summed E-state index contributed by atoms with van der Waals surface area (Å²) >= 11 is 0. The fourth-order valence-electron chi connectivity index (χ4n) is 4.74. The van der Waals surface area contributed by atoms with Crippen molar-refractivity contribution in [3.8, 4) is 0 Å². The van der Waals surface area contributed by atoms with Crippen molar-refractivity contribution < 1.29 is 33.4 Å². The lowest BCUT2D eigenvalue weighted by Gasteiger charge is -2.58. The maximum atomic E-state index is 13.5. The third-order valence-corrected chi connectivity index (χ3v) is 6.84. The average molecular weight is 404 g/mol. The molecule has 1 fully saturated rings. The lowest BCUT2D eigenvalue weighted by atomic mass is 9.50. The number of carbonyl (C=O) groups is 3. The molecule has 2 aliphatic carbocycles. The van der Waals surface area contributed by atoms with Crippen LogP contribution in [-0.4, -0.2) is 34.5 Å². The molecule has 1 N–H and O–H groups in total. The number of rotatable bonds is 3. The molecule has 7 nitrogen and oxygen atoms in total. The van der Waals surface area contributed by atoms with E-state index in [1.165, 1.54) is 13.2 Å². The molecule has 0 aliphatic heterocycles. The Morgan fingerprint density at radius 1 is 1.28 bits per heavy atom. The highest BCUT2D eigenvalue weighted by Gasteiger charge is 2.71. The molecule has 0 amide bonds. The third-order valence-electron chi connectivity index (χ3n) is 6.84. The van der Waals surface area contributed by atoms with Crippen molar-refractivity contribution in [1.29, 1.82) is 0 Å². The van der Waals surface area contributed by atoms with Gasteiger partial charge in [-0.25, -0.2) is 4.79 Å². The fraction of sp³-hybridized carbons (Fsp3) is 0.591. The van der Waals surface area contributed by atoms with Gasteiger partial charge in [-0.3, -0.25) is 9.59 Å². The Kier molecular flexibility index (Phi) is 5.24. The number of Topliss-reactive ketones (excluding diaryl/α,β-unsaturated/α-hetero) is 1. The van der Waals surface area contributed by atoms with Crippen molar-refractivity contribution in [2.75, 3.05) is 0 Å². The van der Waals surface area contributed by atoms with Gasteiger partial charge in [-0.2, -0.15) is 0 Å². The van der Waals surface area contributed by atoms with Crippen molar-refractivity contribution in [3.63, 3.8) is 0 Å². The van der Waals surface area contributed by atoms with Crippen LogP contribution in [0.25, 0.3) is 0 Å². The molecule has 0 spiro atoms. The van der Waals surface area contributed by atoms with Gasteiger partial charge in [-0.05, 0) is 45.1 Å². The standard InChI is InChI=1S/C22H28O7/c1-7-11(2)20(25)29-15-9-8-13(4)21(6)19(28-14(5)23)16-12(3)10-27-17(16)18(24)22(15,21)26/h7,10,13,15,19,26H,8-9H2,1-6H3/b11-7-/t13-,15-,19+,21-,22-/m0/s1. The normalized spacial score (nSPS) is 34.2. The summed E-state index contributed by atoms with van der Waals surface area (Å²) in [5, 5.41) is 11.9. The quantitative estimate of drug-likeness (QED) is 0.608. The molecule has 2 aliphatic rings. The number of allylic oxidation sites excluding steroid dienone is 1. The van der Waals surface area contributed by atoms with Crippen LogP contribution in [0.15, 0.2) is 22.3 Å². The Morgan fingerprint density at radius 3 is 2.52 bits per heavy atom. The van der Waals surface area contributed by atoms with Crippen molar-refractivity contribution >= 4 is 17.7 Å². The number of hydrogen-bond acceptors (Lipinski definition) is 7. The van der Waals surface area contributed by atoms with E-state index in [4.69, 9.17) is 13.9 Å². The zero-order valence-corrected chi connectivity index (χ0v) is 17.7. The molecular weight excluding hydrogens is 376 g/mol. The Bertz CT molecular complexity index is 895. The molecule has 3 rings (SSSR count). The molecule has 1 heterocycles. The van der Waals surface area contributed by atoms with E-state index in [1.807, 2.05) is 6.92 Å². The Hall–Kier alpha value is -2.41. The van der Waals surface area contributed by atoms with E-state index in [1.54, 1.807) is 33.8 Å². The highest BCUT2D eigenvalue weighted by molar-refractivity contribution is 6.05. The lowest BCUT2D eigenvalue weighted by molar-refractivity contribution is -0.229. The van der Waals surface area contributed by atoms with Gasteiger partial charge in [-0.1, -0.05) is 19.9 Å². The Labute approximate surface area is 170 Å². The summed E-state index contributed by atoms with van der Waals surface area (Å²) in [6.45, 7) is 9.99. The summed E-state index contributed by atoms with van der Waals surface area (Å²) in [6, 6.07) is 0. The first-order chi connectivity index (χ1) is 13.5. The zero-order chi connectivity index (χ0) is 21.7. The molecule has 5 atom stereocenters. The van der Waals surface area contributed by atoms with Gasteiger partial charge in [0.05, 0.1) is 11.7 Å². The average Bonchev–Trinajstić information content (AvgIpc) is 3.05. The van der Waals surface area contributed by atoms with Crippen molar-refractivity contribution in [3.05, 3.63) is 34.8 Å². The molecule has 158 valence electrons. The topological polar surface area (TPSA) is 103 Å². The predicted octanol–water partition coefficient (Wildman–Crippen LogP) is 3.43.